The Balaban J connectivity index is 0.00000220. The van der Waals surface area contributed by atoms with Crippen LogP contribution in [0, 0.1) is 0 Å². The molecule has 1 aliphatic rings. The minimum absolute atomic E-state index is 0. The minimum atomic E-state index is 0. The Labute approximate surface area is 135 Å². The number of fused-ring (bicyclic) bond motifs is 1. The van der Waals surface area contributed by atoms with Crippen molar-refractivity contribution in [2.75, 3.05) is 26.8 Å². The first kappa shape index (κ1) is 17.9. The third-order valence-electron chi connectivity index (χ3n) is 2.98. The highest BCUT2D eigenvalue weighted by atomic mass is 35.5. The molecule has 0 fully saturated rings. The van der Waals surface area contributed by atoms with E-state index in [1.165, 1.54) is 0 Å². The van der Waals surface area contributed by atoms with Gasteiger partial charge in [0, 0.05) is 13.0 Å². The Morgan fingerprint density at radius 1 is 1.33 bits per heavy atom. The quantitative estimate of drug-likeness (QED) is 0.782. The topological polar surface area (TPSA) is 59.6 Å². The Morgan fingerprint density at radius 3 is 2.86 bits per heavy atom. The van der Waals surface area contributed by atoms with Crippen molar-refractivity contribution in [1.29, 1.82) is 0 Å². The standard InChI is InChI=1S/C14H19ClN2O3.ClH/c1-16-4-2-3-13(18)17-9-10-7-11(15)14-12(8-10)19-5-6-20-14;/h7-8,16H,2-6,9H2,1H3,(H,17,18);1H. The van der Waals surface area contributed by atoms with Crippen molar-refractivity contribution in [3.05, 3.63) is 22.7 Å². The smallest absolute Gasteiger partial charge is 0.220 e. The molecule has 0 aliphatic carbocycles. The largest absolute Gasteiger partial charge is 0.486 e. The number of amides is 1. The normalized spacial score (nSPS) is 12.5. The van der Waals surface area contributed by atoms with Gasteiger partial charge in [-0.3, -0.25) is 4.79 Å². The monoisotopic (exact) mass is 334 g/mol. The van der Waals surface area contributed by atoms with Gasteiger partial charge >= 0.3 is 0 Å². The van der Waals surface area contributed by atoms with Crippen LogP contribution in [0.3, 0.4) is 0 Å². The van der Waals surface area contributed by atoms with E-state index in [9.17, 15) is 4.79 Å². The Kier molecular flexibility index (Phi) is 7.64. The highest BCUT2D eigenvalue weighted by Crippen LogP contribution is 2.38. The molecule has 0 unspecified atom stereocenters. The van der Waals surface area contributed by atoms with Crippen LogP contribution in [0.2, 0.25) is 5.02 Å². The molecule has 1 aliphatic heterocycles. The van der Waals surface area contributed by atoms with Gasteiger partial charge in [0.25, 0.3) is 0 Å². The molecule has 118 valence electrons. The number of benzene rings is 1. The molecular weight excluding hydrogens is 315 g/mol. The van der Waals surface area contributed by atoms with Crippen LogP contribution in [0.5, 0.6) is 11.5 Å². The van der Waals surface area contributed by atoms with Crippen molar-refractivity contribution in [1.82, 2.24) is 10.6 Å². The second-order valence-corrected chi connectivity index (χ2v) is 4.99. The Hall–Kier alpha value is -1.17. The average Bonchev–Trinajstić information content (AvgIpc) is 2.45. The summed E-state index contributed by atoms with van der Waals surface area (Å²) >= 11 is 6.14. The Morgan fingerprint density at radius 2 is 2.10 bits per heavy atom. The van der Waals surface area contributed by atoms with E-state index >= 15 is 0 Å². The lowest BCUT2D eigenvalue weighted by molar-refractivity contribution is -0.121. The number of halogens is 2. The zero-order valence-electron chi connectivity index (χ0n) is 11.9. The third-order valence-corrected chi connectivity index (χ3v) is 3.26. The molecule has 21 heavy (non-hydrogen) atoms. The third kappa shape index (κ3) is 5.26. The van der Waals surface area contributed by atoms with Crippen molar-refractivity contribution in [3.8, 4) is 11.5 Å². The summed E-state index contributed by atoms with van der Waals surface area (Å²) in [4.78, 5) is 11.6. The maximum atomic E-state index is 11.6. The van der Waals surface area contributed by atoms with Crippen molar-refractivity contribution in [2.24, 2.45) is 0 Å². The van der Waals surface area contributed by atoms with Crippen LogP contribution in [-0.2, 0) is 11.3 Å². The molecule has 5 nitrogen and oxygen atoms in total. The fraction of sp³-hybridized carbons (Fsp3) is 0.500. The van der Waals surface area contributed by atoms with E-state index in [2.05, 4.69) is 10.6 Å². The number of ether oxygens (including phenoxy) is 2. The molecule has 2 N–H and O–H groups in total. The SMILES string of the molecule is CNCCCC(=O)NCc1cc(Cl)c2c(c1)OCCO2.Cl. The van der Waals surface area contributed by atoms with E-state index in [0.717, 1.165) is 18.5 Å². The van der Waals surface area contributed by atoms with Gasteiger partial charge in [-0.15, -0.1) is 12.4 Å². The number of rotatable bonds is 6. The lowest BCUT2D eigenvalue weighted by Gasteiger charge is -2.20. The molecule has 0 bridgehead atoms. The summed E-state index contributed by atoms with van der Waals surface area (Å²) in [6.45, 7) is 2.30. The van der Waals surface area contributed by atoms with Crippen molar-refractivity contribution >= 4 is 29.9 Å². The van der Waals surface area contributed by atoms with Gasteiger partial charge in [0.05, 0.1) is 5.02 Å². The molecule has 1 heterocycles. The first-order chi connectivity index (χ1) is 9.70. The van der Waals surface area contributed by atoms with E-state index in [1.54, 1.807) is 6.07 Å². The molecule has 0 saturated carbocycles. The molecule has 1 aromatic rings. The lowest BCUT2D eigenvalue weighted by atomic mass is 10.2. The van der Waals surface area contributed by atoms with Crippen LogP contribution in [0.1, 0.15) is 18.4 Å². The van der Waals surface area contributed by atoms with E-state index in [-0.39, 0.29) is 18.3 Å². The minimum Gasteiger partial charge on any atom is -0.486 e. The number of hydrogen-bond acceptors (Lipinski definition) is 4. The second-order valence-electron chi connectivity index (χ2n) is 4.59. The molecule has 1 aromatic carbocycles. The van der Waals surface area contributed by atoms with Crippen LogP contribution in [-0.4, -0.2) is 32.7 Å². The van der Waals surface area contributed by atoms with Gasteiger partial charge in [0.15, 0.2) is 11.5 Å². The molecule has 0 saturated heterocycles. The number of carbonyl (C=O) groups excluding carboxylic acids is 1. The highest BCUT2D eigenvalue weighted by molar-refractivity contribution is 6.32. The van der Waals surface area contributed by atoms with Crippen molar-refractivity contribution < 1.29 is 14.3 Å². The second kappa shape index (κ2) is 8.97. The van der Waals surface area contributed by atoms with Gasteiger partial charge in [0.2, 0.25) is 5.91 Å². The maximum Gasteiger partial charge on any atom is 0.220 e. The summed E-state index contributed by atoms with van der Waals surface area (Å²) in [6, 6.07) is 3.65. The predicted molar refractivity (Wildman–Crippen MR) is 84.7 cm³/mol. The summed E-state index contributed by atoms with van der Waals surface area (Å²) in [5.41, 5.74) is 0.904. The first-order valence-electron chi connectivity index (χ1n) is 6.70. The number of nitrogens with one attached hydrogen (secondary N) is 2. The average molecular weight is 335 g/mol. The summed E-state index contributed by atoms with van der Waals surface area (Å²) < 4.78 is 10.9. The van der Waals surface area contributed by atoms with Gasteiger partial charge < -0.3 is 20.1 Å². The molecule has 7 heteroatoms. The highest BCUT2D eigenvalue weighted by Gasteiger charge is 2.16. The fourth-order valence-electron chi connectivity index (χ4n) is 1.98. The van der Waals surface area contributed by atoms with E-state index in [4.69, 9.17) is 21.1 Å². The van der Waals surface area contributed by atoms with Gasteiger partial charge in [-0.05, 0) is 37.7 Å². The van der Waals surface area contributed by atoms with Gasteiger partial charge in [-0.2, -0.15) is 0 Å². The van der Waals surface area contributed by atoms with Crippen LogP contribution in [0.15, 0.2) is 12.1 Å². The first-order valence-corrected chi connectivity index (χ1v) is 7.08. The molecule has 1 amide bonds. The van der Waals surface area contributed by atoms with E-state index in [1.807, 2.05) is 13.1 Å². The van der Waals surface area contributed by atoms with Crippen LogP contribution >= 0.6 is 24.0 Å². The molecule has 0 radical (unpaired) electrons. The lowest BCUT2D eigenvalue weighted by Crippen LogP contribution is -2.24. The molecule has 0 atom stereocenters. The fourth-order valence-corrected chi connectivity index (χ4v) is 2.27. The molecular formula is C14H20Cl2N2O3. The van der Waals surface area contributed by atoms with Gasteiger partial charge in [-0.25, -0.2) is 0 Å². The maximum absolute atomic E-state index is 11.6. The molecule has 0 aromatic heterocycles. The van der Waals surface area contributed by atoms with E-state index in [0.29, 0.717) is 42.7 Å². The Bertz CT molecular complexity index is 484. The number of hydrogen-bond donors (Lipinski definition) is 2. The molecule has 0 spiro atoms. The zero-order chi connectivity index (χ0) is 14.4. The van der Waals surface area contributed by atoms with Gasteiger partial charge in [0.1, 0.15) is 13.2 Å². The van der Waals surface area contributed by atoms with E-state index < -0.39 is 0 Å². The zero-order valence-corrected chi connectivity index (χ0v) is 13.5. The van der Waals surface area contributed by atoms with Crippen LogP contribution in [0.4, 0.5) is 0 Å². The summed E-state index contributed by atoms with van der Waals surface area (Å²) in [7, 11) is 1.87. The van der Waals surface area contributed by atoms with Crippen LogP contribution < -0.4 is 20.1 Å². The van der Waals surface area contributed by atoms with Crippen LogP contribution in [0.25, 0.3) is 0 Å². The van der Waals surface area contributed by atoms with Crippen molar-refractivity contribution in [2.45, 2.75) is 19.4 Å². The predicted octanol–water partition coefficient (Wildman–Crippen LogP) is 2.15. The van der Waals surface area contributed by atoms with Gasteiger partial charge in [-0.1, -0.05) is 11.6 Å². The summed E-state index contributed by atoms with van der Waals surface area (Å²) in [5.74, 6) is 1.26. The molecule has 2 rings (SSSR count). The number of carbonyl (C=O) groups is 1. The summed E-state index contributed by atoms with van der Waals surface area (Å²) in [5, 5.41) is 6.40. The van der Waals surface area contributed by atoms with Crippen molar-refractivity contribution in [3.63, 3.8) is 0 Å². The summed E-state index contributed by atoms with van der Waals surface area (Å²) in [6.07, 6.45) is 1.34.